The van der Waals surface area contributed by atoms with Crippen LogP contribution in [0, 0.1) is 11.3 Å². The number of nitrogens with zero attached hydrogens (tertiary/aromatic N) is 3. The minimum Gasteiger partial charge on any atom is -0.550 e. The first-order valence-electron chi connectivity index (χ1n) is 25.7. The molecule has 0 unspecified atom stereocenters. The number of halogens is 1. The second-order valence-electron chi connectivity index (χ2n) is 20.4. The maximum absolute atomic E-state index is 12.7. The summed E-state index contributed by atoms with van der Waals surface area (Å²) in [5, 5.41) is 26.7. The Balaban J connectivity index is 0.000000221. The van der Waals surface area contributed by atoms with Crippen LogP contribution in [0.3, 0.4) is 0 Å². The first-order valence-corrected chi connectivity index (χ1v) is 27.1. The number of aryl methyl sites for hydroxylation is 1. The number of carbonyl (C=O) groups is 4. The van der Waals surface area contributed by atoms with Crippen LogP contribution in [0.5, 0.6) is 5.75 Å². The van der Waals surface area contributed by atoms with Gasteiger partial charge in [0.15, 0.2) is 11.5 Å². The van der Waals surface area contributed by atoms with Crippen LogP contribution in [0.4, 0.5) is 0 Å². The van der Waals surface area contributed by atoms with Crippen molar-refractivity contribution in [3.8, 4) is 5.75 Å². The Hall–Kier alpha value is -5.25. The number of ketones is 1. The van der Waals surface area contributed by atoms with Gasteiger partial charge in [-0.3, -0.25) is 19.3 Å². The van der Waals surface area contributed by atoms with Gasteiger partial charge in [-0.1, -0.05) is 78.3 Å². The first-order chi connectivity index (χ1) is 35.6. The summed E-state index contributed by atoms with van der Waals surface area (Å²) >= 11 is 8.01. The predicted molar refractivity (Wildman–Crippen MR) is 291 cm³/mol. The van der Waals surface area contributed by atoms with Crippen molar-refractivity contribution in [2.24, 2.45) is 11.3 Å². The number of Topliss-reactive ketones (excluding diaryl/α,β-unsaturated/α-hetero) is 1. The summed E-state index contributed by atoms with van der Waals surface area (Å²) in [6.45, 7) is 9.70. The van der Waals surface area contributed by atoms with Crippen molar-refractivity contribution in [1.29, 1.82) is 0 Å². The van der Waals surface area contributed by atoms with Gasteiger partial charge in [0.25, 0.3) is 5.91 Å². The topological polar surface area (TPSA) is 165 Å². The summed E-state index contributed by atoms with van der Waals surface area (Å²) in [5.74, 6) is 0.820. The molecule has 2 amide bonds. The number of carboxylic acids is 1. The molecule has 0 spiro atoms. The molecule has 2 aliphatic carbocycles. The number of furan rings is 1. The van der Waals surface area contributed by atoms with E-state index in [9.17, 15) is 29.4 Å². The zero-order chi connectivity index (χ0) is 52.2. The zero-order valence-corrected chi connectivity index (χ0v) is 47.0. The van der Waals surface area contributed by atoms with E-state index in [1.54, 1.807) is 24.0 Å². The van der Waals surface area contributed by atoms with Gasteiger partial charge in [-0.15, -0.1) is 0 Å². The molecule has 3 heterocycles. The average Bonchev–Trinajstić information content (AvgIpc) is 4.33. The minimum absolute atomic E-state index is 0. The fourth-order valence-corrected chi connectivity index (χ4v) is 11.1. The maximum atomic E-state index is 12.7. The number of aromatic nitrogens is 1. The van der Waals surface area contributed by atoms with E-state index < -0.39 is 17.6 Å². The minimum atomic E-state index is -0.963. The summed E-state index contributed by atoms with van der Waals surface area (Å²) in [7, 11) is 0. The molecule has 2 saturated carbocycles. The van der Waals surface area contributed by atoms with E-state index in [0.717, 1.165) is 115 Å². The molecule has 0 bridgehead atoms. The number of carboxylic acid groups (broad SMARTS) is 1. The third-order valence-corrected chi connectivity index (χ3v) is 15.9. The molecule has 3 fully saturated rings. The largest absolute Gasteiger partial charge is 1.00 e. The molecule has 2 atom stereocenters. The number of fused-ring (bicyclic) bond motifs is 1. The van der Waals surface area contributed by atoms with Crippen LogP contribution < -0.4 is 44.7 Å². The molecule has 388 valence electrons. The molecular formula is C60H66ClN4NaO8S. The normalized spacial score (nSPS) is 16.0. The summed E-state index contributed by atoms with van der Waals surface area (Å²) < 4.78 is 10.9. The second kappa shape index (κ2) is 26.7. The molecule has 9 rings (SSSR count). The van der Waals surface area contributed by atoms with Gasteiger partial charge in [-0.05, 0) is 166 Å². The Morgan fingerprint density at radius 2 is 1.68 bits per heavy atom. The fourth-order valence-electron chi connectivity index (χ4n) is 9.32. The van der Waals surface area contributed by atoms with Crippen LogP contribution in [0.1, 0.15) is 120 Å². The molecule has 12 nitrogen and oxygen atoms in total. The molecule has 3 aliphatic rings. The Kier molecular flexibility index (Phi) is 20.4. The second-order valence-corrected chi connectivity index (χ2v) is 22.0. The van der Waals surface area contributed by atoms with Gasteiger partial charge in [0.2, 0.25) is 5.91 Å². The molecule has 6 aromatic rings. The molecule has 0 radical (unpaired) electrons. The van der Waals surface area contributed by atoms with Crippen LogP contribution >= 0.6 is 23.4 Å². The van der Waals surface area contributed by atoms with Crippen molar-refractivity contribution >= 4 is 70.0 Å². The van der Waals surface area contributed by atoms with E-state index in [1.165, 1.54) is 11.8 Å². The van der Waals surface area contributed by atoms with E-state index >= 15 is 0 Å². The van der Waals surface area contributed by atoms with E-state index in [-0.39, 0.29) is 75.9 Å². The number of benzene rings is 4. The number of thioether (sulfide) groups is 1. The number of pyridine rings is 1. The van der Waals surface area contributed by atoms with E-state index in [2.05, 4.69) is 46.6 Å². The molecule has 1 saturated heterocycles. The molecular weight excluding hydrogens is 995 g/mol. The van der Waals surface area contributed by atoms with Crippen molar-refractivity contribution in [3.05, 3.63) is 166 Å². The quantitative estimate of drug-likeness (QED) is 0.0401. The number of ether oxygens (including phenoxy) is 1. The van der Waals surface area contributed by atoms with Crippen molar-refractivity contribution in [2.75, 3.05) is 45.1 Å². The number of carbonyl (C=O) groups excluding carboxylic acids is 4. The number of aliphatic hydroxyl groups is 1. The van der Waals surface area contributed by atoms with Gasteiger partial charge < -0.3 is 34.4 Å². The standard InChI is InChI=1S/C35H36ClNO3S.C25H31N3O5.Na/c1-34(2,40)30-9-4-3-7-25(30)13-17-32(41-23-35(18-19-35)22-33(38)39)27-8-5-6-24(20-27)10-15-29-16-12-26-11-14-28(36)21-31(26)37-29;1-18(26-24(30)22-4-2-16-33-22)25(31)28-14-12-27(13-15-28)11-3-17-32-21-9-7-20(8-10-21)23(29)19-5-6-19;/h3-12,14-16,20-21,32,40H,13,17-19,22-23H2,1-2H3,(H,38,39);2,4,7-10,16,18-19H,3,5-6,11-15,17H2,1H3,(H,26,30);/q;;+1/p-1/b15-10+;;/t32-;18-;/m11./s1. The van der Waals surface area contributed by atoms with Gasteiger partial charge in [0.05, 0.1) is 29.7 Å². The maximum Gasteiger partial charge on any atom is 1.00 e. The predicted octanol–water partition coefficient (Wildman–Crippen LogP) is 7.22. The average molecular weight is 1060 g/mol. The van der Waals surface area contributed by atoms with Crippen LogP contribution in [0.2, 0.25) is 5.02 Å². The third kappa shape index (κ3) is 16.9. The van der Waals surface area contributed by atoms with Gasteiger partial charge in [0, 0.05) is 65.8 Å². The Bertz CT molecular complexity index is 2910. The number of piperazine rings is 1. The summed E-state index contributed by atoms with van der Waals surface area (Å²) in [4.78, 5) is 57.0. The Morgan fingerprint density at radius 1 is 0.933 bits per heavy atom. The summed E-state index contributed by atoms with van der Waals surface area (Å²) in [6.07, 6.45) is 12.1. The Labute approximate surface area is 471 Å². The number of hydrogen-bond donors (Lipinski definition) is 2. The van der Waals surface area contributed by atoms with Gasteiger partial charge >= 0.3 is 29.6 Å². The van der Waals surface area contributed by atoms with Gasteiger partial charge in [-0.2, -0.15) is 11.8 Å². The summed E-state index contributed by atoms with van der Waals surface area (Å²) in [5.41, 5.74) is 5.80. The number of amides is 2. The summed E-state index contributed by atoms with van der Waals surface area (Å²) in [6, 6.07) is 36.4. The van der Waals surface area contributed by atoms with Gasteiger partial charge in [0.1, 0.15) is 11.8 Å². The molecule has 1 aliphatic heterocycles. The third-order valence-electron chi connectivity index (χ3n) is 13.9. The Morgan fingerprint density at radius 3 is 2.37 bits per heavy atom. The van der Waals surface area contributed by atoms with Crippen LogP contribution in [0.25, 0.3) is 23.1 Å². The molecule has 75 heavy (non-hydrogen) atoms. The van der Waals surface area contributed by atoms with E-state index in [0.29, 0.717) is 24.7 Å². The fraction of sp³-hybridized carbons (Fsp3) is 0.383. The van der Waals surface area contributed by atoms with Crippen molar-refractivity contribution in [1.82, 2.24) is 20.1 Å². The van der Waals surface area contributed by atoms with Crippen LogP contribution in [-0.4, -0.2) is 94.6 Å². The smallest absolute Gasteiger partial charge is 0.550 e. The van der Waals surface area contributed by atoms with Crippen molar-refractivity contribution < 1.29 is 68.1 Å². The molecule has 4 aromatic carbocycles. The van der Waals surface area contributed by atoms with E-state index in [4.69, 9.17) is 25.7 Å². The SMILES string of the molecule is CC(C)(O)c1ccccc1CC[C@@H](SCC1(CC(=O)[O-])CC1)c1cccc(/C=C/c2ccc3ccc(Cl)cc3n2)c1.C[C@@H](NC(=O)c1ccco1)C(=O)N1CCN(CCCOc2ccc(C(=O)C3CC3)cc2)CC1.[Na+]. The number of nitrogens with one attached hydrogen (secondary N) is 1. The zero-order valence-electron chi connectivity index (χ0n) is 43.5. The van der Waals surface area contributed by atoms with Crippen molar-refractivity contribution in [2.45, 2.75) is 89.0 Å². The number of rotatable bonds is 22. The van der Waals surface area contributed by atoms with Crippen molar-refractivity contribution in [3.63, 3.8) is 0 Å². The van der Waals surface area contributed by atoms with Crippen LogP contribution in [0.15, 0.2) is 126 Å². The number of aliphatic carboxylic acids is 1. The van der Waals surface area contributed by atoms with Gasteiger partial charge in [-0.25, -0.2) is 4.98 Å². The van der Waals surface area contributed by atoms with Crippen LogP contribution in [-0.2, 0) is 21.6 Å². The monoisotopic (exact) mass is 1060 g/mol. The first kappa shape index (κ1) is 57.5. The molecule has 15 heteroatoms. The molecule has 2 aromatic heterocycles. The van der Waals surface area contributed by atoms with E-state index in [1.807, 2.05) is 104 Å². The number of hydrogen-bond acceptors (Lipinski definition) is 11. The molecule has 2 N–H and O–H groups in total.